The zero-order chi connectivity index (χ0) is 16.9. The lowest BCUT2D eigenvalue weighted by atomic mass is 9.77. The predicted octanol–water partition coefficient (Wildman–Crippen LogP) is 3.50. The highest BCUT2D eigenvalue weighted by atomic mass is 35.5. The van der Waals surface area contributed by atoms with Crippen LogP contribution in [0.2, 0.25) is 0 Å². The van der Waals surface area contributed by atoms with E-state index in [-0.39, 0.29) is 25.0 Å². The first-order valence-electron chi connectivity index (χ1n) is 8.19. The van der Waals surface area contributed by atoms with Gasteiger partial charge in [-0.1, -0.05) is 36.4 Å². The van der Waals surface area contributed by atoms with Gasteiger partial charge in [0.25, 0.3) is 0 Å². The molecular weight excluding hydrogens is 336 g/mol. The molecular formula is C20H21ClN2O2. The van der Waals surface area contributed by atoms with Crippen LogP contribution in [0.4, 0.5) is 0 Å². The van der Waals surface area contributed by atoms with Crippen molar-refractivity contribution in [1.82, 2.24) is 5.32 Å². The Morgan fingerprint density at radius 3 is 2.68 bits per heavy atom. The van der Waals surface area contributed by atoms with Crippen molar-refractivity contribution in [2.24, 2.45) is 5.92 Å². The maximum Gasteiger partial charge on any atom is 0.317 e. The largest absolute Gasteiger partial charge is 0.480 e. The number of rotatable bonds is 5. The minimum atomic E-state index is -0.842. The number of hydrogen-bond acceptors (Lipinski definition) is 3. The molecule has 2 N–H and O–H groups in total. The van der Waals surface area contributed by atoms with Crippen molar-refractivity contribution >= 4 is 18.4 Å². The highest BCUT2D eigenvalue weighted by Gasteiger charge is 2.27. The van der Waals surface area contributed by atoms with Crippen LogP contribution < -0.4 is 5.32 Å². The second-order valence-corrected chi connectivity index (χ2v) is 6.26. The molecule has 25 heavy (non-hydrogen) atoms. The van der Waals surface area contributed by atoms with Crippen LogP contribution in [0.15, 0.2) is 48.5 Å². The lowest BCUT2D eigenvalue weighted by Crippen LogP contribution is -2.35. The molecule has 0 bridgehead atoms. The minimum Gasteiger partial charge on any atom is -0.480 e. The summed E-state index contributed by atoms with van der Waals surface area (Å²) in [6, 6.07) is 18.1. The van der Waals surface area contributed by atoms with Crippen LogP contribution in [-0.4, -0.2) is 17.6 Å². The topological polar surface area (TPSA) is 73.1 Å². The first-order valence-corrected chi connectivity index (χ1v) is 8.19. The second-order valence-electron chi connectivity index (χ2n) is 6.26. The summed E-state index contributed by atoms with van der Waals surface area (Å²) in [5.41, 5.74) is 4.34. The zero-order valence-electron chi connectivity index (χ0n) is 13.8. The summed E-state index contributed by atoms with van der Waals surface area (Å²) in [5.74, 6) is -0.502. The third kappa shape index (κ3) is 4.60. The number of benzene rings is 2. The fourth-order valence-corrected chi connectivity index (χ4v) is 3.55. The van der Waals surface area contributed by atoms with Crippen LogP contribution in [0, 0.1) is 17.2 Å². The summed E-state index contributed by atoms with van der Waals surface area (Å²) in [6.07, 6.45) is 2.80. The van der Waals surface area contributed by atoms with Crippen molar-refractivity contribution in [3.05, 3.63) is 70.8 Å². The first kappa shape index (κ1) is 19.0. The van der Waals surface area contributed by atoms with Crippen LogP contribution in [0.5, 0.6) is 0 Å². The van der Waals surface area contributed by atoms with Crippen molar-refractivity contribution in [1.29, 1.82) is 5.26 Å². The quantitative estimate of drug-likeness (QED) is 0.860. The smallest absolute Gasteiger partial charge is 0.317 e. The van der Waals surface area contributed by atoms with Gasteiger partial charge in [0, 0.05) is 6.04 Å². The molecule has 0 saturated heterocycles. The first-order chi connectivity index (χ1) is 11.7. The van der Waals surface area contributed by atoms with E-state index in [1.54, 1.807) is 0 Å². The van der Waals surface area contributed by atoms with Gasteiger partial charge >= 0.3 is 5.97 Å². The number of carboxylic acids is 1. The Morgan fingerprint density at radius 2 is 2.00 bits per heavy atom. The number of halogens is 1. The van der Waals surface area contributed by atoms with Gasteiger partial charge in [-0.2, -0.15) is 5.26 Å². The van der Waals surface area contributed by atoms with Crippen LogP contribution in [0.25, 0.3) is 0 Å². The summed E-state index contributed by atoms with van der Waals surface area (Å²) in [7, 11) is 0. The van der Waals surface area contributed by atoms with Crippen molar-refractivity contribution in [3.63, 3.8) is 0 Å². The second kappa shape index (κ2) is 8.66. The number of nitriles is 1. The molecule has 0 aromatic heterocycles. The van der Waals surface area contributed by atoms with E-state index in [1.807, 2.05) is 48.5 Å². The molecule has 0 heterocycles. The third-order valence-electron chi connectivity index (χ3n) is 4.71. The molecule has 2 unspecified atom stereocenters. The fourth-order valence-electron chi connectivity index (χ4n) is 3.55. The van der Waals surface area contributed by atoms with Gasteiger partial charge in [-0.3, -0.25) is 10.1 Å². The van der Waals surface area contributed by atoms with E-state index in [1.165, 1.54) is 11.1 Å². The molecule has 2 aromatic carbocycles. The molecule has 1 aliphatic carbocycles. The molecule has 0 radical (unpaired) electrons. The third-order valence-corrected chi connectivity index (χ3v) is 4.71. The molecule has 0 saturated carbocycles. The van der Waals surface area contributed by atoms with Crippen LogP contribution in [0.3, 0.4) is 0 Å². The average Bonchev–Trinajstić information content (AvgIpc) is 2.62. The Kier molecular flexibility index (Phi) is 6.58. The van der Waals surface area contributed by atoms with Crippen molar-refractivity contribution in [2.45, 2.75) is 25.3 Å². The fraction of sp³-hybridized carbons (Fsp3) is 0.300. The van der Waals surface area contributed by atoms with Gasteiger partial charge in [0.2, 0.25) is 0 Å². The zero-order valence-corrected chi connectivity index (χ0v) is 14.6. The lowest BCUT2D eigenvalue weighted by molar-refractivity contribution is -0.136. The van der Waals surface area contributed by atoms with E-state index in [9.17, 15) is 4.79 Å². The molecule has 0 aliphatic heterocycles. The van der Waals surface area contributed by atoms with Gasteiger partial charge in [-0.05, 0) is 54.0 Å². The minimum absolute atomic E-state index is 0. The highest BCUT2D eigenvalue weighted by Crippen LogP contribution is 2.34. The monoisotopic (exact) mass is 356 g/mol. The molecule has 2 aromatic rings. The maximum atomic E-state index is 11.0. The highest BCUT2D eigenvalue weighted by molar-refractivity contribution is 5.85. The van der Waals surface area contributed by atoms with E-state index < -0.39 is 5.97 Å². The predicted molar refractivity (Wildman–Crippen MR) is 98.7 cm³/mol. The number of nitrogens with zero attached hydrogens (tertiary/aromatic N) is 1. The van der Waals surface area contributed by atoms with E-state index >= 15 is 0 Å². The van der Waals surface area contributed by atoms with Gasteiger partial charge in [-0.25, -0.2) is 0 Å². The molecule has 0 amide bonds. The van der Waals surface area contributed by atoms with E-state index in [2.05, 4.69) is 11.4 Å². The maximum absolute atomic E-state index is 11.0. The number of carbonyl (C=O) groups is 1. The van der Waals surface area contributed by atoms with Crippen molar-refractivity contribution < 1.29 is 9.90 Å². The van der Waals surface area contributed by atoms with Gasteiger partial charge in [-0.15, -0.1) is 12.4 Å². The van der Waals surface area contributed by atoms with Crippen molar-refractivity contribution in [3.8, 4) is 6.07 Å². The van der Waals surface area contributed by atoms with Gasteiger partial charge in [0.1, 0.15) is 0 Å². The number of aryl methyl sites for hydroxylation is 1. The molecule has 0 fully saturated rings. The Labute approximate surface area is 153 Å². The molecule has 4 nitrogen and oxygen atoms in total. The Hall–Kier alpha value is -2.35. The van der Waals surface area contributed by atoms with Crippen molar-refractivity contribution in [2.75, 3.05) is 6.54 Å². The number of aliphatic carboxylic acids is 1. The van der Waals surface area contributed by atoms with Gasteiger partial charge < -0.3 is 5.11 Å². The van der Waals surface area contributed by atoms with Crippen LogP contribution in [-0.2, 0) is 17.6 Å². The van der Waals surface area contributed by atoms with E-state index in [0.29, 0.717) is 11.5 Å². The van der Waals surface area contributed by atoms with E-state index in [0.717, 1.165) is 24.8 Å². The van der Waals surface area contributed by atoms with E-state index in [4.69, 9.17) is 10.4 Å². The molecule has 5 heteroatoms. The number of hydrogen-bond donors (Lipinski definition) is 2. The molecule has 3 rings (SSSR count). The summed E-state index contributed by atoms with van der Waals surface area (Å²) in [6.45, 7) is -0.0453. The number of fused-ring (bicyclic) bond motifs is 1. The standard InChI is InChI=1S/C20H20N2O2.ClH/c21-12-14-6-7-17-11-18(9-8-16(17)10-14)20(22-13-19(23)24)15-4-2-1-3-5-15;/h1-7,10,18,20,22H,8-9,11,13H2,(H,23,24);1H. The van der Waals surface area contributed by atoms with Crippen LogP contribution in [0.1, 0.15) is 34.7 Å². The molecule has 2 atom stereocenters. The summed E-state index contributed by atoms with van der Waals surface area (Å²) in [5, 5.41) is 21.3. The molecule has 0 spiro atoms. The normalized spacial score (nSPS) is 16.8. The summed E-state index contributed by atoms with van der Waals surface area (Å²) < 4.78 is 0. The lowest BCUT2D eigenvalue weighted by Gasteiger charge is -2.32. The Balaban J connectivity index is 0.00000225. The van der Waals surface area contributed by atoms with Gasteiger partial charge in [0.15, 0.2) is 0 Å². The SMILES string of the molecule is Cl.N#Cc1ccc2c(c1)CCC(C(NCC(=O)O)c1ccccc1)C2. The average molecular weight is 357 g/mol. The molecule has 1 aliphatic rings. The Morgan fingerprint density at radius 1 is 1.24 bits per heavy atom. The summed E-state index contributed by atoms with van der Waals surface area (Å²) in [4.78, 5) is 11.0. The number of carboxylic acid groups (broad SMARTS) is 1. The van der Waals surface area contributed by atoms with Crippen LogP contribution >= 0.6 is 12.4 Å². The Bertz CT molecular complexity index is 771. The summed E-state index contributed by atoms with van der Waals surface area (Å²) >= 11 is 0. The number of nitrogens with one attached hydrogen (secondary N) is 1. The van der Waals surface area contributed by atoms with Gasteiger partial charge in [0.05, 0.1) is 18.2 Å². The molecule has 130 valence electrons.